The predicted octanol–water partition coefficient (Wildman–Crippen LogP) is 4.93. The molecule has 0 aliphatic carbocycles. The van der Waals surface area contributed by atoms with Gasteiger partial charge in [-0.2, -0.15) is 0 Å². The second kappa shape index (κ2) is 5.45. The molecule has 0 spiro atoms. The Bertz CT molecular complexity index is 562. The van der Waals surface area contributed by atoms with Gasteiger partial charge in [-0.15, -0.1) is 11.6 Å². The number of hydrogen-bond donors (Lipinski definition) is 0. The summed E-state index contributed by atoms with van der Waals surface area (Å²) in [4.78, 5) is 4.38. The van der Waals surface area contributed by atoms with Crippen molar-refractivity contribution in [2.45, 2.75) is 38.6 Å². The Balaban J connectivity index is 2.72. The van der Waals surface area contributed by atoms with Crippen molar-refractivity contribution >= 4 is 34.2 Å². The number of aromatic nitrogens is 2. The van der Waals surface area contributed by atoms with Crippen molar-refractivity contribution in [1.29, 1.82) is 0 Å². The number of imidazole rings is 1. The standard InChI is InChI=1S/C13H15Cl2FN2/c1-3-8(4-2)18-12-5-9(15)10(16)6-11(12)17-13(18)7-14/h5-6,8H,3-4,7H2,1-2H3. The highest BCUT2D eigenvalue weighted by Crippen LogP contribution is 2.29. The van der Waals surface area contributed by atoms with Gasteiger partial charge in [0, 0.05) is 12.1 Å². The Kier molecular flexibility index (Phi) is 4.13. The average Bonchev–Trinajstić information content (AvgIpc) is 2.70. The van der Waals surface area contributed by atoms with Crippen molar-refractivity contribution in [3.8, 4) is 0 Å². The van der Waals surface area contributed by atoms with Crippen molar-refractivity contribution in [2.75, 3.05) is 0 Å². The third-order valence-corrected chi connectivity index (χ3v) is 3.76. The first kappa shape index (κ1) is 13.6. The summed E-state index contributed by atoms with van der Waals surface area (Å²) in [6.07, 6.45) is 1.95. The Morgan fingerprint density at radius 1 is 1.33 bits per heavy atom. The zero-order valence-electron chi connectivity index (χ0n) is 10.4. The van der Waals surface area contributed by atoms with E-state index in [0.717, 1.165) is 24.2 Å². The molecule has 2 aromatic rings. The summed E-state index contributed by atoms with van der Waals surface area (Å²) >= 11 is 11.8. The summed E-state index contributed by atoms with van der Waals surface area (Å²) in [6.45, 7) is 4.23. The molecule has 1 heterocycles. The largest absolute Gasteiger partial charge is 0.324 e. The van der Waals surface area contributed by atoms with Gasteiger partial charge < -0.3 is 4.57 Å². The number of rotatable bonds is 4. The van der Waals surface area contributed by atoms with Crippen LogP contribution in [0.3, 0.4) is 0 Å². The van der Waals surface area contributed by atoms with Crippen LogP contribution >= 0.6 is 23.2 Å². The highest BCUT2D eigenvalue weighted by Gasteiger charge is 2.17. The number of hydrogen-bond acceptors (Lipinski definition) is 1. The number of benzene rings is 1. The molecule has 0 saturated heterocycles. The minimum atomic E-state index is -0.445. The van der Waals surface area contributed by atoms with E-state index in [9.17, 15) is 4.39 Å². The third-order valence-electron chi connectivity index (χ3n) is 3.23. The van der Waals surface area contributed by atoms with Crippen LogP contribution in [0, 0.1) is 5.82 Å². The SMILES string of the molecule is CCC(CC)n1c(CCl)nc2cc(F)c(Cl)cc21. The fraction of sp³-hybridized carbons (Fsp3) is 0.462. The van der Waals surface area contributed by atoms with Crippen LogP contribution in [0.5, 0.6) is 0 Å². The van der Waals surface area contributed by atoms with Gasteiger partial charge in [-0.25, -0.2) is 9.37 Å². The first-order chi connectivity index (χ1) is 8.62. The van der Waals surface area contributed by atoms with Gasteiger partial charge >= 0.3 is 0 Å². The van der Waals surface area contributed by atoms with Crippen molar-refractivity contribution in [3.63, 3.8) is 0 Å². The lowest BCUT2D eigenvalue weighted by Gasteiger charge is -2.18. The molecule has 2 rings (SSSR count). The van der Waals surface area contributed by atoms with Gasteiger partial charge in [-0.1, -0.05) is 25.4 Å². The smallest absolute Gasteiger partial charge is 0.144 e. The van der Waals surface area contributed by atoms with E-state index < -0.39 is 5.82 Å². The number of nitrogens with zero attached hydrogens (tertiary/aromatic N) is 2. The molecular weight excluding hydrogens is 274 g/mol. The van der Waals surface area contributed by atoms with Gasteiger partial charge in [0.15, 0.2) is 0 Å². The zero-order valence-corrected chi connectivity index (χ0v) is 11.9. The minimum absolute atomic E-state index is 0.121. The highest BCUT2D eigenvalue weighted by molar-refractivity contribution is 6.31. The molecule has 5 heteroatoms. The maximum atomic E-state index is 13.4. The number of alkyl halides is 1. The highest BCUT2D eigenvalue weighted by atomic mass is 35.5. The van der Waals surface area contributed by atoms with E-state index >= 15 is 0 Å². The Morgan fingerprint density at radius 3 is 2.56 bits per heavy atom. The lowest BCUT2D eigenvalue weighted by atomic mass is 10.1. The van der Waals surface area contributed by atoms with Crippen molar-refractivity contribution in [3.05, 3.63) is 28.8 Å². The number of fused-ring (bicyclic) bond motifs is 1. The molecule has 18 heavy (non-hydrogen) atoms. The average molecular weight is 289 g/mol. The normalized spacial score (nSPS) is 11.7. The van der Waals surface area contributed by atoms with Gasteiger partial charge in [0.05, 0.1) is 21.9 Å². The molecule has 0 fully saturated rings. The second-order valence-electron chi connectivity index (χ2n) is 4.26. The summed E-state index contributed by atoms with van der Waals surface area (Å²) in [5, 5.41) is 0.121. The molecule has 0 saturated carbocycles. The molecule has 0 unspecified atom stereocenters. The van der Waals surface area contributed by atoms with Crippen LogP contribution in [0.25, 0.3) is 11.0 Å². The van der Waals surface area contributed by atoms with Gasteiger partial charge in [0.2, 0.25) is 0 Å². The van der Waals surface area contributed by atoms with Crippen LogP contribution in [-0.4, -0.2) is 9.55 Å². The van der Waals surface area contributed by atoms with E-state index in [-0.39, 0.29) is 5.02 Å². The Labute approximate surface area is 116 Å². The van der Waals surface area contributed by atoms with Crippen molar-refractivity contribution < 1.29 is 4.39 Å². The lowest BCUT2D eigenvalue weighted by molar-refractivity contribution is 0.472. The molecule has 0 N–H and O–H groups in total. The molecule has 0 radical (unpaired) electrons. The van der Waals surface area contributed by atoms with E-state index in [4.69, 9.17) is 23.2 Å². The lowest BCUT2D eigenvalue weighted by Crippen LogP contribution is -2.10. The molecule has 0 atom stereocenters. The summed E-state index contributed by atoms with van der Waals surface area (Å²) in [6, 6.07) is 3.31. The molecule has 0 bridgehead atoms. The maximum absolute atomic E-state index is 13.4. The van der Waals surface area contributed by atoms with Gasteiger partial charge in [-0.05, 0) is 18.9 Å². The first-order valence-electron chi connectivity index (χ1n) is 6.04. The maximum Gasteiger partial charge on any atom is 0.144 e. The molecular formula is C13H15Cl2FN2. The van der Waals surface area contributed by atoms with E-state index in [2.05, 4.69) is 23.4 Å². The molecule has 1 aromatic carbocycles. The molecule has 0 amide bonds. The first-order valence-corrected chi connectivity index (χ1v) is 6.95. The van der Waals surface area contributed by atoms with Crippen LogP contribution in [0.1, 0.15) is 38.6 Å². The Morgan fingerprint density at radius 2 is 2.00 bits per heavy atom. The molecule has 2 nitrogen and oxygen atoms in total. The topological polar surface area (TPSA) is 17.8 Å². The van der Waals surface area contributed by atoms with E-state index in [1.807, 2.05) is 0 Å². The van der Waals surface area contributed by atoms with Crippen LogP contribution in [0.2, 0.25) is 5.02 Å². The quantitative estimate of drug-likeness (QED) is 0.730. The predicted molar refractivity (Wildman–Crippen MR) is 73.9 cm³/mol. The molecule has 0 aliphatic rings. The van der Waals surface area contributed by atoms with E-state index in [0.29, 0.717) is 17.4 Å². The second-order valence-corrected chi connectivity index (χ2v) is 4.93. The van der Waals surface area contributed by atoms with Crippen molar-refractivity contribution in [2.24, 2.45) is 0 Å². The molecule has 98 valence electrons. The minimum Gasteiger partial charge on any atom is -0.324 e. The van der Waals surface area contributed by atoms with Crippen LogP contribution < -0.4 is 0 Å². The fourth-order valence-electron chi connectivity index (χ4n) is 2.30. The van der Waals surface area contributed by atoms with Gasteiger partial charge in [-0.3, -0.25) is 0 Å². The summed E-state index contributed by atoms with van der Waals surface area (Å²) in [5.74, 6) is 0.631. The van der Waals surface area contributed by atoms with Crippen LogP contribution in [0.4, 0.5) is 4.39 Å². The summed E-state index contributed by atoms with van der Waals surface area (Å²) < 4.78 is 15.5. The monoisotopic (exact) mass is 288 g/mol. The van der Waals surface area contributed by atoms with E-state index in [1.54, 1.807) is 6.07 Å². The number of halogens is 3. The fourth-order valence-corrected chi connectivity index (χ4v) is 2.64. The summed E-state index contributed by atoms with van der Waals surface area (Å²) in [5.41, 5.74) is 1.46. The zero-order chi connectivity index (χ0) is 13.3. The molecule has 1 aromatic heterocycles. The third kappa shape index (κ3) is 2.21. The Hall–Kier alpha value is -0.800. The van der Waals surface area contributed by atoms with Gasteiger partial charge in [0.1, 0.15) is 11.6 Å². The van der Waals surface area contributed by atoms with Crippen LogP contribution in [0.15, 0.2) is 12.1 Å². The van der Waals surface area contributed by atoms with Crippen molar-refractivity contribution in [1.82, 2.24) is 9.55 Å². The molecule has 0 aliphatic heterocycles. The van der Waals surface area contributed by atoms with Crippen LogP contribution in [-0.2, 0) is 5.88 Å². The van der Waals surface area contributed by atoms with E-state index in [1.165, 1.54) is 6.07 Å². The van der Waals surface area contributed by atoms with Gasteiger partial charge in [0.25, 0.3) is 0 Å². The summed E-state index contributed by atoms with van der Waals surface area (Å²) in [7, 11) is 0.